The number of aryl methyl sites for hydroxylation is 2. The van der Waals surface area contributed by atoms with Crippen LogP contribution in [0, 0.1) is 25.2 Å². The molecule has 0 N–H and O–H groups in total. The first-order valence-electron chi connectivity index (χ1n) is 5.62. The first-order valence-corrected chi connectivity index (χ1v) is 5.62. The van der Waals surface area contributed by atoms with E-state index >= 15 is 0 Å². The zero-order chi connectivity index (χ0) is 11.4. The molecule has 0 amide bonds. The van der Waals surface area contributed by atoms with Crippen molar-refractivity contribution in [2.75, 3.05) is 0 Å². The second-order valence-corrected chi connectivity index (χ2v) is 4.37. The third-order valence-corrected chi connectivity index (χ3v) is 2.84. The summed E-state index contributed by atoms with van der Waals surface area (Å²) in [7, 11) is 0. The van der Waals surface area contributed by atoms with E-state index in [9.17, 15) is 0 Å². The standard InChI is InChI=1S/C13H20N2/c1-10(2)15-11(3)9-13(12(15)4)7-5-6-8-14/h9-10H,5-7H2,1-4H3. The molecular weight excluding hydrogens is 184 g/mol. The maximum atomic E-state index is 8.51. The van der Waals surface area contributed by atoms with Crippen molar-refractivity contribution in [1.29, 1.82) is 5.26 Å². The lowest BCUT2D eigenvalue weighted by Gasteiger charge is -2.13. The zero-order valence-electron chi connectivity index (χ0n) is 10.2. The number of nitrogens with zero attached hydrogens (tertiary/aromatic N) is 2. The Balaban J connectivity index is 2.83. The van der Waals surface area contributed by atoms with Crippen LogP contribution in [0.3, 0.4) is 0 Å². The third-order valence-electron chi connectivity index (χ3n) is 2.84. The Morgan fingerprint density at radius 3 is 2.53 bits per heavy atom. The molecule has 0 aliphatic heterocycles. The van der Waals surface area contributed by atoms with Crippen LogP contribution in [0.2, 0.25) is 0 Å². The van der Waals surface area contributed by atoms with Crippen LogP contribution in [-0.4, -0.2) is 4.57 Å². The summed E-state index contributed by atoms with van der Waals surface area (Å²) in [5.41, 5.74) is 4.09. The quantitative estimate of drug-likeness (QED) is 0.690. The molecule has 1 rings (SSSR count). The van der Waals surface area contributed by atoms with Gasteiger partial charge in [0.15, 0.2) is 0 Å². The summed E-state index contributed by atoms with van der Waals surface area (Å²) in [6, 6.07) is 4.97. The largest absolute Gasteiger partial charge is 0.346 e. The van der Waals surface area contributed by atoms with Gasteiger partial charge in [0, 0.05) is 23.9 Å². The molecular formula is C13H20N2. The predicted octanol–water partition coefficient (Wildman–Crippen LogP) is 3.53. The smallest absolute Gasteiger partial charge is 0.0621 e. The van der Waals surface area contributed by atoms with E-state index in [1.165, 1.54) is 17.0 Å². The summed E-state index contributed by atoms with van der Waals surface area (Å²) in [5, 5.41) is 8.51. The number of nitriles is 1. The number of rotatable bonds is 4. The Morgan fingerprint density at radius 2 is 2.07 bits per heavy atom. The predicted molar refractivity (Wildman–Crippen MR) is 62.8 cm³/mol. The molecule has 0 radical (unpaired) electrons. The van der Waals surface area contributed by atoms with Crippen molar-refractivity contribution in [2.45, 2.75) is 53.0 Å². The molecule has 1 aromatic heterocycles. The average Bonchev–Trinajstić information content (AvgIpc) is 2.42. The van der Waals surface area contributed by atoms with Crippen molar-refractivity contribution < 1.29 is 0 Å². The number of hydrogen-bond acceptors (Lipinski definition) is 1. The van der Waals surface area contributed by atoms with Gasteiger partial charge in [0.25, 0.3) is 0 Å². The molecule has 0 fully saturated rings. The SMILES string of the molecule is Cc1cc(CCCC#N)c(C)n1C(C)C. The highest BCUT2D eigenvalue weighted by Crippen LogP contribution is 2.21. The van der Waals surface area contributed by atoms with Gasteiger partial charge in [-0.25, -0.2) is 0 Å². The average molecular weight is 204 g/mol. The molecule has 1 heterocycles. The van der Waals surface area contributed by atoms with E-state index in [0.29, 0.717) is 12.5 Å². The number of unbranched alkanes of at least 4 members (excludes halogenated alkanes) is 1. The van der Waals surface area contributed by atoms with Crippen LogP contribution in [0.15, 0.2) is 6.07 Å². The Labute approximate surface area is 92.5 Å². The van der Waals surface area contributed by atoms with Crippen LogP contribution in [0.5, 0.6) is 0 Å². The van der Waals surface area contributed by atoms with Crippen LogP contribution >= 0.6 is 0 Å². The monoisotopic (exact) mass is 204 g/mol. The van der Waals surface area contributed by atoms with Gasteiger partial charge in [-0.3, -0.25) is 0 Å². The first-order chi connectivity index (χ1) is 7.07. The zero-order valence-corrected chi connectivity index (χ0v) is 10.2. The van der Waals surface area contributed by atoms with Gasteiger partial charge in [0.05, 0.1) is 6.07 Å². The van der Waals surface area contributed by atoms with Crippen LogP contribution < -0.4 is 0 Å². The lowest BCUT2D eigenvalue weighted by molar-refractivity contribution is 0.572. The maximum absolute atomic E-state index is 8.51. The molecule has 0 spiro atoms. The van der Waals surface area contributed by atoms with E-state index in [-0.39, 0.29) is 0 Å². The lowest BCUT2D eigenvalue weighted by Crippen LogP contribution is -2.05. The van der Waals surface area contributed by atoms with Crippen molar-refractivity contribution in [1.82, 2.24) is 4.57 Å². The van der Waals surface area contributed by atoms with Gasteiger partial charge in [0.2, 0.25) is 0 Å². The Hall–Kier alpha value is -1.23. The van der Waals surface area contributed by atoms with Crippen molar-refractivity contribution in [3.63, 3.8) is 0 Å². The molecule has 2 heteroatoms. The highest BCUT2D eigenvalue weighted by Gasteiger charge is 2.10. The van der Waals surface area contributed by atoms with Gasteiger partial charge in [-0.15, -0.1) is 0 Å². The van der Waals surface area contributed by atoms with E-state index < -0.39 is 0 Å². The molecule has 1 aromatic rings. The normalized spacial score (nSPS) is 10.7. The molecule has 0 aromatic carbocycles. The van der Waals surface area contributed by atoms with Crippen LogP contribution in [0.25, 0.3) is 0 Å². The molecule has 15 heavy (non-hydrogen) atoms. The molecule has 0 aliphatic carbocycles. The number of aromatic nitrogens is 1. The van der Waals surface area contributed by atoms with Crippen molar-refractivity contribution in [3.05, 3.63) is 23.0 Å². The van der Waals surface area contributed by atoms with Gasteiger partial charge in [-0.05, 0) is 52.2 Å². The Bertz CT molecular complexity index is 367. The van der Waals surface area contributed by atoms with E-state index in [1.807, 2.05) is 0 Å². The third kappa shape index (κ3) is 2.62. The molecule has 0 saturated heterocycles. The fraction of sp³-hybridized carbons (Fsp3) is 0.615. The second-order valence-electron chi connectivity index (χ2n) is 4.37. The molecule has 0 bridgehead atoms. The molecule has 82 valence electrons. The topological polar surface area (TPSA) is 28.7 Å². The van der Waals surface area contributed by atoms with Gasteiger partial charge in [-0.1, -0.05) is 0 Å². The minimum Gasteiger partial charge on any atom is -0.346 e. The fourth-order valence-corrected chi connectivity index (χ4v) is 2.25. The van der Waals surface area contributed by atoms with Crippen molar-refractivity contribution in [2.24, 2.45) is 0 Å². The Kier molecular flexibility index (Phi) is 3.96. The second kappa shape index (κ2) is 5.02. The van der Waals surface area contributed by atoms with Crippen molar-refractivity contribution in [3.8, 4) is 6.07 Å². The lowest BCUT2D eigenvalue weighted by atomic mass is 10.1. The van der Waals surface area contributed by atoms with Crippen LogP contribution in [0.1, 0.15) is 49.7 Å². The summed E-state index contributed by atoms with van der Waals surface area (Å²) in [4.78, 5) is 0. The van der Waals surface area contributed by atoms with E-state index in [2.05, 4.69) is 44.4 Å². The minimum absolute atomic E-state index is 0.523. The van der Waals surface area contributed by atoms with Gasteiger partial charge < -0.3 is 4.57 Å². The van der Waals surface area contributed by atoms with E-state index in [0.717, 1.165) is 12.8 Å². The van der Waals surface area contributed by atoms with Gasteiger partial charge >= 0.3 is 0 Å². The maximum Gasteiger partial charge on any atom is 0.0621 e. The summed E-state index contributed by atoms with van der Waals surface area (Å²) >= 11 is 0. The van der Waals surface area contributed by atoms with Crippen LogP contribution in [0.4, 0.5) is 0 Å². The molecule has 0 aliphatic rings. The highest BCUT2D eigenvalue weighted by atomic mass is 15.0. The summed E-state index contributed by atoms with van der Waals surface area (Å²) in [6.07, 6.45) is 2.66. The van der Waals surface area contributed by atoms with Gasteiger partial charge in [0.1, 0.15) is 0 Å². The molecule has 2 nitrogen and oxygen atoms in total. The van der Waals surface area contributed by atoms with Crippen molar-refractivity contribution >= 4 is 0 Å². The summed E-state index contributed by atoms with van der Waals surface area (Å²) < 4.78 is 2.36. The molecule has 0 unspecified atom stereocenters. The Morgan fingerprint density at radius 1 is 1.40 bits per heavy atom. The number of hydrogen-bond donors (Lipinski definition) is 0. The minimum atomic E-state index is 0.523. The van der Waals surface area contributed by atoms with Crippen LogP contribution in [-0.2, 0) is 6.42 Å². The fourth-order valence-electron chi connectivity index (χ4n) is 2.25. The van der Waals surface area contributed by atoms with Gasteiger partial charge in [-0.2, -0.15) is 5.26 Å². The summed E-state index contributed by atoms with van der Waals surface area (Å²) in [6.45, 7) is 8.74. The highest BCUT2D eigenvalue weighted by molar-refractivity contribution is 5.27. The van der Waals surface area contributed by atoms with E-state index in [4.69, 9.17) is 5.26 Å². The molecule has 0 saturated carbocycles. The van der Waals surface area contributed by atoms with E-state index in [1.54, 1.807) is 0 Å². The molecule has 0 atom stereocenters. The summed E-state index contributed by atoms with van der Waals surface area (Å²) in [5.74, 6) is 0. The first kappa shape index (κ1) is 11.8.